The summed E-state index contributed by atoms with van der Waals surface area (Å²) in [6.07, 6.45) is 0.680. The number of thiazole rings is 1. The highest BCUT2D eigenvalue weighted by atomic mass is 32.2. The van der Waals surface area contributed by atoms with Crippen molar-refractivity contribution in [2.45, 2.75) is 50.1 Å². The van der Waals surface area contributed by atoms with Crippen molar-refractivity contribution in [2.24, 2.45) is 0 Å². The number of amides is 1. The number of fused-ring (bicyclic) bond motifs is 1. The van der Waals surface area contributed by atoms with Crippen molar-refractivity contribution in [1.82, 2.24) is 15.0 Å². The SMILES string of the molecule is CC(C)(C)NS(=O)(=O)c1ccc(-c2sc(C(=O)NC3CCS(=O)(=O)CC3)nc2-c2cccc(C#N)c2)c2ccccc12. The molecule has 0 radical (unpaired) electrons. The molecule has 1 aromatic heterocycles. The maximum Gasteiger partial charge on any atom is 0.280 e. The summed E-state index contributed by atoms with van der Waals surface area (Å²) in [5.74, 6) is -0.358. The predicted octanol–water partition coefficient (Wildman–Crippen LogP) is 4.89. The van der Waals surface area contributed by atoms with E-state index in [1.54, 1.807) is 69.3 Å². The van der Waals surface area contributed by atoms with Crippen LogP contribution in [-0.2, 0) is 19.9 Å². The highest BCUT2D eigenvalue weighted by Crippen LogP contribution is 2.42. The maximum atomic E-state index is 13.4. The van der Waals surface area contributed by atoms with Crippen molar-refractivity contribution in [2.75, 3.05) is 11.5 Å². The third kappa shape index (κ3) is 6.39. The number of hydrogen-bond donors (Lipinski definition) is 2. The number of rotatable bonds is 6. The average molecular weight is 623 g/mol. The molecule has 12 heteroatoms. The van der Waals surface area contributed by atoms with Crippen LogP contribution in [0.2, 0.25) is 0 Å². The zero-order valence-corrected chi connectivity index (χ0v) is 25.8. The first-order valence-corrected chi connectivity index (χ1v) is 17.5. The Balaban J connectivity index is 1.63. The van der Waals surface area contributed by atoms with Crippen LogP contribution in [0.25, 0.3) is 32.5 Å². The normalized spacial score (nSPS) is 15.8. The van der Waals surface area contributed by atoms with Crippen molar-refractivity contribution in [3.05, 3.63) is 71.2 Å². The second kappa shape index (κ2) is 11.2. The first-order valence-electron chi connectivity index (χ1n) is 13.4. The zero-order chi connectivity index (χ0) is 30.3. The van der Waals surface area contributed by atoms with Gasteiger partial charge in [-0.3, -0.25) is 4.79 Å². The first kappa shape index (κ1) is 29.8. The van der Waals surface area contributed by atoms with E-state index in [-0.39, 0.29) is 27.5 Å². The molecule has 2 N–H and O–H groups in total. The van der Waals surface area contributed by atoms with Crippen molar-refractivity contribution >= 4 is 47.9 Å². The number of sulfonamides is 1. The number of carbonyl (C=O) groups excluding carboxylic acids is 1. The lowest BCUT2D eigenvalue weighted by molar-refractivity contribution is 0.0934. The van der Waals surface area contributed by atoms with Gasteiger partial charge in [-0.05, 0) is 57.2 Å². The molecular formula is C30H30N4O5S3. The molecule has 2 heterocycles. The Morgan fingerprint density at radius 1 is 1.02 bits per heavy atom. The molecule has 0 atom stereocenters. The van der Waals surface area contributed by atoms with Gasteiger partial charge in [0.2, 0.25) is 10.0 Å². The molecule has 1 aliphatic rings. The molecular weight excluding hydrogens is 593 g/mol. The van der Waals surface area contributed by atoms with E-state index in [1.165, 1.54) is 11.3 Å². The molecule has 42 heavy (non-hydrogen) atoms. The van der Waals surface area contributed by atoms with E-state index in [0.29, 0.717) is 50.9 Å². The highest BCUT2D eigenvalue weighted by Gasteiger charge is 2.29. The summed E-state index contributed by atoms with van der Waals surface area (Å²) in [6, 6.07) is 19.2. The molecule has 0 unspecified atom stereocenters. The van der Waals surface area contributed by atoms with Crippen LogP contribution in [0.1, 0.15) is 49.0 Å². The van der Waals surface area contributed by atoms with E-state index >= 15 is 0 Å². The Bertz CT molecular complexity index is 1940. The average Bonchev–Trinajstić information content (AvgIpc) is 3.38. The number of benzene rings is 3. The van der Waals surface area contributed by atoms with E-state index in [4.69, 9.17) is 4.98 Å². The van der Waals surface area contributed by atoms with E-state index in [2.05, 4.69) is 16.1 Å². The van der Waals surface area contributed by atoms with Gasteiger partial charge in [0.15, 0.2) is 5.01 Å². The third-order valence-corrected chi connectivity index (χ3v) is 11.5. The Morgan fingerprint density at radius 2 is 1.71 bits per heavy atom. The van der Waals surface area contributed by atoms with Gasteiger partial charge in [0.25, 0.3) is 5.91 Å². The molecule has 4 aromatic rings. The van der Waals surface area contributed by atoms with Gasteiger partial charge in [0.05, 0.1) is 38.6 Å². The highest BCUT2D eigenvalue weighted by molar-refractivity contribution is 7.91. The van der Waals surface area contributed by atoms with Gasteiger partial charge in [-0.15, -0.1) is 11.3 Å². The van der Waals surface area contributed by atoms with Crippen LogP contribution in [0.3, 0.4) is 0 Å². The summed E-state index contributed by atoms with van der Waals surface area (Å²) in [5.41, 5.74) is 1.57. The predicted molar refractivity (Wildman–Crippen MR) is 164 cm³/mol. The minimum absolute atomic E-state index is 0.0264. The Morgan fingerprint density at radius 3 is 2.38 bits per heavy atom. The van der Waals surface area contributed by atoms with Gasteiger partial charge >= 0.3 is 0 Å². The number of carbonyl (C=O) groups is 1. The van der Waals surface area contributed by atoms with Crippen LogP contribution in [0.5, 0.6) is 0 Å². The second-order valence-electron chi connectivity index (χ2n) is 11.3. The lowest BCUT2D eigenvalue weighted by Crippen LogP contribution is -2.40. The molecule has 0 spiro atoms. The smallest absolute Gasteiger partial charge is 0.280 e. The summed E-state index contributed by atoms with van der Waals surface area (Å²) >= 11 is 1.17. The number of hydrogen-bond acceptors (Lipinski definition) is 8. The fourth-order valence-corrected chi connectivity index (χ4v) is 9.13. The van der Waals surface area contributed by atoms with Crippen LogP contribution in [0, 0.1) is 11.3 Å². The molecule has 9 nitrogen and oxygen atoms in total. The van der Waals surface area contributed by atoms with E-state index in [9.17, 15) is 26.9 Å². The van der Waals surface area contributed by atoms with Crippen molar-refractivity contribution in [3.8, 4) is 27.8 Å². The third-order valence-electron chi connectivity index (χ3n) is 6.84. The van der Waals surface area contributed by atoms with Crippen LogP contribution < -0.4 is 10.0 Å². The van der Waals surface area contributed by atoms with Gasteiger partial charge in [0.1, 0.15) is 9.84 Å². The minimum atomic E-state index is -3.85. The molecule has 1 fully saturated rings. The van der Waals surface area contributed by atoms with Crippen molar-refractivity contribution in [3.63, 3.8) is 0 Å². The van der Waals surface area contributed by atoms with Gasteiger partial charge in [-0.25, -0.2) is 26.5 Å². The van der Waals surface area contributed by atoms with Gasteiger partial charge in [-0.2, -0.15) is 5.26 Å². The van der Waals surface area contributed by atoms with Crippen LogP contribution in [0.15, 0.2) is 65.6 Å². The number of nitrogens with zero attached hydrogens (tertiary/aromatic N) is 2. The summed E-state index contributed by atoms with van der Waals surface area (Å²) in [6.45, 7) is 5.33. The summed E-state index contributed by atoms with van der Waals surface area (Å²) in [5, 5.41) is 13.8. The quantitative estimate of drug-likeness (QED) is 0.311. The minimum Gasteiger partial charge on any atom is -0.347 e. The Kier molecular flexibility index (Phi) is 7.98. The molecule has 218 valence electrons. The molecule has 0 bridgehead atoms. The largest absolute Gasteiger partial charge is 0.347 e. The lowest BCUT2D eigenvalue weighted by atomic mass is 10.00. The van der Waals surface area contributed by atoms with Crippen LogP contribution in [-0.4, -0.2) is 50.8 Å². The molecule has 1 saturated heterocycles. The fraction of sp³-hybridized carbons (Fsp3) is 0.300. The second-order valence-corrected chi connectivity index (χ2v) is 16.3. The van der Waals surface area contributed by atoms with Crippen molar-refractivity contribution in [1.29, 1.82) is 5.26 Å². The first-order chi connectivity index (χ1) is 19.8. The number of sulfone groups is 1. The monoisotopic (exact) mass is 622 g/mol. The van der Waals surface area contributed by atoms with Gasteiger partial charge < -0.3 is 5.32 Å². The van der Waals surface area contributed by atoms with Crippen molar-refractivity contribution < 1.29 is 21.6 Å². The standard InChI is InChI=1S/C30H30N4O5S3/c1-30(2,3)34-42(38,39)25-12-11-24(22-9-4-5-10-23(22)25)27-26(20-8-6-7-19(17-20)18-31)33-29(40-27)28(35)32-21-13-15-41(36,37)16-14-21/h4-12,17,21,34H,13-16H2,1-3H3,(H,32,35). The lowest BCUT2D eigenvalue weighted by Gasteiger charge is -2.22. The fourth-order valence-electron chi connectivity index (χ4n) is 4.97. The van der Waals surface area contributed by atoms with Crippen LogP contribution in [0.4, 0.5) is 0 Å². The number of nitriles is 1. The summed E-state index contributed by atoms with van der Waals surface area (Å²) < 4.78 is 53.1. The van der Waals surface area contributed by atoms with E-state index in [1.807, 2.05) is 12.1 Å². The Hall–Kier alpha value is -3.63. The molecule has 0 aliphatic carbocycles. The number of nitrogens with one attached hydrogen (secondary N) is 2. The van der Waals surface area contributed by atoms with Gasteiger partial charge in [0, 0.05) is 28.1 Å². The summed E-state index contributed by atoms with van der Waals surface area (Å²) in [7, 11) is -6.93. The summed E-state index contributed by atoms with van der Waals surface area (Å²) in [4.78, 5) is 18.8. The molecule has 1 aliphatic heterocycles. The zero-order valence-electron chi connectivity index (χ0n) is 23.3. The Labute approximate surface area is 249 Å². The maximum absolute atomic E-state index is 13.4. The van der Waals surface area contributed by atoms with Crippen LogP contribution >= 0.6 is 11.3 Å². The topological polar surface area (TPSA) is 146 Å². The molecule has 0 saturated carbocycles. The molecule has 5 rings (SSSR count). The molecule has 3 aromatic carbocycles. The van der Waals surface area contributed by atoms with E-state index in [0.717, 1.165) is 0 Å². The van der Waals surface area contributed by atoms with E-state index < -0.39 is 31.3 Å². The molecule has 1 amide bonds. The number of aromatic nitrogens is 1. The van der Waals surface area contributed by atoms with Gasteiger partial charge in [-0.1, -0.05) is 42.5 Å².